The van der Waals surface area contributed by atoms with Crippen LogP contribution in [0, 0.1) is 0 Å². The minimum atomic E-state index is 0.406. The van der Waals surface area contributed by atoms with Crippen LogP contribution >= 0.6 is 22.9 Å². The van der Waals surface area contributed by atoms with Gasteiger partial charge in [-0.1, -0.05) is 13.8 Å². The van der Waals surface area contributed by atoms with E-state index in [0.29, 0.717) is 5.92 Å². The predicted octanol–water partition coefficient (Wildman–Crippen LogP) is 3.38. The molecule has 0 aliphatic rings. The molecule has 2 heterocycles. The molecule has 1 N–H and O–H groups in total. The summed E-state index contributed by atoms with van der Waals surface area (Å²) in [5, 5.41) is 8.53. The molecule has 0 aliphatic carbocycles. The number of nitrogens with one attached hydrogen (secondary N) is 1. The Morgan fingerprint density at radius 3 is 2.94 bits per heavy atom. The number of nitrogens with zero attached hydrogens (tertiary/aromatic N) is 2. The summed E-state index contributed by atoms with van der Waals surface area (Å²) in [6.07, 6.45) is 1.04. The zero-order chi connectivity index (χ0) is 11.4. The molecule has 0 aliphatic heterocycles. The molecule has 2 aromatic heterocycles. The highest BCUT2D eigenvalue weighted by molar-refractivity contribution is 7.09. The number of thiophene rings is 1. The van der Waals surface area contributed by atoms with Crippen molar-refractivity contribution in [1.29, 1.82) is 0 Å². The second kappa shape index (κ2) is 5.41. The number of hydrogen-bond donors (Lipinski definition) is 1. The minimum absolute atomic E-state index is 0.406. The monoisotopic (exact) mass is 253 g/mol. The van der Waals surface area contributed by atoms with E-state index in [1.54, 1.807) is 11.3 Å². The Morgan fingerprint density at radius 2 is 2.31 bits per heavy atom. The zero-order valence-corrected chi connectivity index (χ0v) is 11.1. The SMILES string of the molecule is CC(C)c1nsc(NCCc2ccsc2)n1. The predicted molar refractivity (Wildman–Crippen MR) is 70.5 cm³/mol. The summed E-state index contributed by atoms with van der Waals surface area (Å²) in [5.41, 5.74) is 1.38. The Balaban J connectivity index is 1.81. The van der Waals surface area contributed by atoms with Crippen LogP contribution in [0.15, 0.2) is 16.8 Å². The number of aromatic nitrogens is 2. The Kier molecular flexibility index (Phi) is 3.90. The van der Waals surface area contributed by atoms with Gasteiger partial charge in [0.25, 0.3) is 0 Å². The van der Waals surface area contributed by atoms with Crippen LogP contribution in [0.5, 0.6) is 0 Å². The number of anilines is 1. The molecule has 0 fully saturated rings. The molecular formula is C11H15N3S2. The summed E-state index contributed by atoms with van der Waals surface area (Å²) in [7, 11) is 0. The van der Waals surface area contributed by atoms with E-state index < -0.39 is 0 Å². The third-order valence-electron chi connectivity index (χ3n) is 2.23. The number of rotatable bonds is 5. The van der Waals surface area contributed by atoms with Gasteiger partial charge in [0.05, 0.1) is 0 Å². The highest BCUT2D eigenvalue weighted by atomic mass is 32.1. The molecule has 2 aromatic rings. The van der Waals surface area contributed by atoms with Crippen molar-refractivity contribution in [2.24, 2.45) is 0 Å². The minimum Gasteiger partial charge on any atom is -0.360 e. The molecule has 0 spiro atoms. The van der Waals surface area contributed by atoms with Crippen molar-refractivity contribution >= 4 is 28.0 Å². The maximum Gasteiger partial charge on any atom is 0.202 e. The first-order valence-corrected chi connectivity index (χ1v) is 7.06. The van der Waals surface area contributed by atoms with Gasteiger partial charge >= 0.3 is 0 Å². The Bertz CT molecular complexity index is 420. The summed E-state index contributed by atoms with van der Waals surface area (Å²) in [5.74, 6) is 1.34. The van der Waals surface area contributed by atoms with Gasteiger partial charge in [-0.05, 0) is 28.8 Å². The second-order valence-electron chi connectivity index (χ2n) is 3.92. The molecule has 0 saturated heterocycles. The third-order valence-corrected chi connectivity index (χ3v) is 3.65. The first kappa shape index (κ1) is 11.5. The fourth-order valence-electron chi connectivity index (χ4n) is 1.29. The van der Waals surface area contributed by atoms with Crippen molar-refractivity contribution in [3.8, 4) is 0 Å². The van der Waals surface area contributed by atoms with Crippen LogP contribution in [0.2, 0.25) is 0 Å². The molecule has 0 radical (unpaired) electrons. The average molecular weight is 253 g/mol. The van der Waals surface area contributed by atoms with Crippen molar-refractivity contribution in [1.82, 2.24) is 9.36 Å². The fourth-order valence-corrected chi connectivity index (χ4v) is 2.73. The maximum absolute atomic E-state index is 4.43. The van der Waals surface area contributed by atoms with Gasteiger partial charge in [-0.25, -0.2) is 4.98 Å². The van der Waals surface area contributed by atoms with Crippen LogP contribution in [-0.4, -0.2) is 15.9 Å². The van der Waals surface area contributed by atoms with Gasteiger partial charge in [0.15, 0.2) is 0 Å². The zero-order valence-electron chi connectivity index (χ0n) is 9.43. The van der Waals surface area contributed by atoms with Crippen LogP contribution in [0.25, 0.3) is 0 Å². The Morgan fingerprint density at radius 1 is 1.44 bits per heavy atom. The van der Waals surface area contributed by atoms with Crippen LogP contribution in [-0.2, 0) is 6.42 Å². The first-order chi connectivity index (χ1) is 7.75. The lowest BCUT2D eigenvalue weighted by Gasteiger charge is -2.00. The van der Waals surface area contributed by atoms with E-state index in [1.807, 2.05) is 0 Å². The molecule has 0 atom stereocenters. The molecular weight excluding hydrogens is 238 g/mol. The summed E-state index contributed by atoms with van der Waals surface area (Å²) >= 11 is 3.19. The van der Waals surface area contributed by atoms with Gasteiger partial charge < -0.3 is 5.32 Å². The van der Waals surface area contributed by atoms with E-state index in [0.717, 1.165) is 23.9 Å². The maximum atomic E-state index is 4.43. The van der Waals surface area contributed by atoms with Gasteiger partial charge in [-0.2, -0.15) is 15.7 Å². The second-order valence-corrected chi connectivity index (χ2v) is 5.45. The van der Waals surface area contributed by atoms with Crippen molar-refractivity contribution in [2.75, 3.05) is 11.9 Å². The lowest BCUT2D eigenvalue weighted by Crippen LogP contribution is -2.04. The lowest BCUT2D eigenvalue weighted by atomic mass is 10.2. The largest absolute Gasteiger partial charge is 0.360 e. The Hall–Kier alpha value is -0.940. The van der Waals surface area contributed by atoms with E-state index in [9.17, 15) is 0 Å². The van der Waals surface area contributed by atoms with Crippen LogP contribution in [0.4, 0.5) is 5.13 Å². The van der Waals surface area contributed by atoms with E-state index >= 15 is 0 Å². The molecule has 86 valence electrons. The molecule has 5 heteroatoms. The van der Waals surface area contributed by atoms with Crippen molar-refractivity contribution in [3.05, 3.63) is 28.2 Å². The van der Waals surface area contributed by atoms with Crippen LogP contribution in [0.1, 0.15) is 31.2 Å². The highest BCUT2D eigenvalue weighted by Gasteiger charge is 2.06. The van der Waals surface area contributed by atoms with Crippen molar-refractivity contribution < 1.29 is 0 Å². The standard InChI is InChI=1S/C11H15N3S2/c1-8(2)10-13-11(16-14-10)12-5-3-9-4-6-15-7-9/h4,6-8H,3,5H2,1-2H3,(H,12,13,14). The normalized spacial score (nSPS) is 10.9. The average Bonchev–Trinajstić information content (AvgIpc) is 2.87. The van der Waals surface area contributed by atoms with Gasteiger partial charge in [-0.3, -0.25) is 0 Å². The molecule has 3 nitrogen and oxygen atoms in total. The van der Waals surface area contributed by atoms with Crippen LogP contribution < -0.4 is 5.32 Å². The van der Waals surface area contributed by atoms with E-state index in [4.69, 9.17) is 0 Å². The van der Waals surface area contributed by atoms with E-state index in [1.165, 1.54) is 17.1 Å². The third kappa shape index (κ3) is 3.02. The lowest BCUT2D eigenvalue weighted by molar-refractivity contribution is 0.799. The topological polar surface area (TPSA) is 37.8 Å². The quantitative estimate of drug-likeness (QED) is 0.887. The van der Waals surface area contributed by atoms with Crippen LogP contribution in [0.3, 0.4) is 0 Å². The first-order valence-electron chi connectivity index (χ1n) is 5.34. The fraction of sp³-hybridized carbons (Fsp3) is 0.455. The summed E-state index contributed by atoms with van der Waals surface area (Å²) in [4.78, 5) is 4.43. The van der Waals surface area contributed by atoms with Gasteiger partial charge in [-0.15, -0.1) is 0 Å². The molecule has 0 bridgehead atoms. The summed E-state index contributed by atoms with van der Waals surface area (Å²) < 4.78 is 4.30. The molecule has 16 heavy (non-hydrogen) atoms. The molecule has 0 amide bonds. The van der Waals surface area contributed by atoms with Crippen molar-refractivity contribution in [2.45, 2.75) is 26.2 Å². The number of hydrogen-bond acceptors (Lipinski definition) is 5. The van der Waals surface area contributed by atoms with Gasteiger partial charge in [0.1, 0.15) is 5.82 Å². The molecule has 0 aromatic carbocycles. The summed E-state index contributed by atoms with van der Waals surface area (Å²) in [6.45, 7) is 5.14. The van der Waals surface area contributed by atoms with E-state index in [2.05, 4.69) is 45.3 Å². The highest BCUT2D eigenvalue weighted by Crippen LogP contribution is 2.17. The van der Waals surface area contributed by atoms with Crippen molar-refractivity contribution in [3.63, 3.8) is 0 Å². The van der Waals surface area contributed by atoms with E-state index in [-0.39, 0.29) is 0 Å². The molecule has 0 saturated carbocycles. The molecule has 0 unspecified atom stereocenters. The molecule has 2 rings (SSSR count). The van der Waals surface area contributed by atoms with Gasteiger partial charge in [0, 0.05) is 24.0 Å². The van der Waals surface area contributed by atoms with Gasteiger partial charge in [0.2, 0.25) is 5.13 Å². The smallest absolute Gasteiger partial charge is 0.202 e. The summed E-state index contributed by atoms with van der Waals surface area (Å²) in [6, 6.07) is 2.16. The Labute approximate surface area is 104 Å².